The van der Waals surface area contributed by atoms with Gasteiger partial charge in [-0.3, -0.25) is 0 Å². The minimum absolute atomic E-state index is 0.261. The van der Waals surface area contributed by atoms with Crippen molar-refractivity contribution in [3.8, 4) is 0 Å². The van der Waals surface area contributed by atoms with E-state index in [1.807, 2.05) is 12.3 Å². The molecule has 2 heterocycles. The predicted molar refractivity (Wildman–Crippen MR) is 67.8 cm³/mol. The smallest absolute Gasteiger partial charge is 0.133 e. The predicted octanol–water partition coefficient (Wildman–Crippen LogP) is 1.37. The maximum Gasteiger partial charge on any atom is 0.133 e. The van der Waals surface area contributed by atoms with Gasteiger partial charge in [-0.05, 0) is 18.6 Å². The van der Waals surface area contributed by atoms with E-state index in [0.29, 0.717) is 5.92 Å². The van der Waals surface area contributed by atoms with Gasteiger partial charge in [0.2, 0.25) is 0 Å². The second-order valence-electron chi connectivity index (χ2n) is 4.42. The first-order chi connectivity index (χ1) is 7.69. The number of rotatable bonds is 2. The molecule has 1 aromatic heterocycles. The normalized spacial score (nSPS) is 25.8. The number of hydrogen-bond donors (Lipinski definition) is 1. The second-order valence-corrected chi connectivity index (χ2v) is 5.25. The average molecular weight is 238 g/mol. The van der Waals surface area contributed by atoms with E-state index in [-0.39, 0.29) is 6.04 Å². The summed E-state index contributed by atoms with van der Waals surface area (Å²) in [5, 5.41) is 1.01. The van der Waals surface area contributed by atoms with Crippen LogP contribution in [0.3, 0.4) is 0 Å². The van der Waals surface area contributed by atoms with Crippen molar-refractivity contribution in [3.63, 3.8) is 0 Å². The first-order valence-electron chi connectivity index (χ1n) is 5.55. The fraction of sp³-hybridized carbons (Fsp3) is 0.636. The molecule has 2 N–H and O–H groups in total. The monoisotopic (exact) mass is 238 g/mol. The van der Waals surface area contributed by atoms with Crippen LogP contribution in [0.5, 0.6) is 0 Å². The van der Waals surface area contributed by atoms with Crippen LogP contribution in [0.25, 0.3) is 0 Å². The van der Waals surface area contributed by atoms with Crippen molar-refractivity contribution < 1.29 is 0 Å². The lowest BCUT2D eigenvalue weighted by atomic mass is 9.97. The molecule has 5 heteroatoms. The summed E-state index contributed by atoms with van der Waals surface area (Å²) in [5.41, 5.74) is 6.03. The number of hydrogen-bond acceptors (Lipinski definition) is 5. The average Bonchev–Trinajstić information content (AvgIpc) is 2.28. The molecule has 2 unspecified atom stereocenters. The van der Waals surface area contributed by atoms with Crippen LogP contribution >= 0.6 is 11.8 Å². The van der Waals surface area contributed by atoms with E-state index in [4.69, 9.17) is 5.73 Å². The summed E-state index contributed by atoms with van der Waals surface area (Å²) in [6.07, 6.45) is 4.76. The number of anilines is 1. The largest absolute Gasteiger partial charge is 0.355 e. The highest BCUT2D eigenvalue weighted by Gasteiger charge is 2.23. The highest BCUT2D eigenvalue weighted by Crippen LogP contribution is 2.22. The highest BCUT2D eigenvalue weighted by molar-refractivity contribution is 7.98. The molecular formula is C11H18N4S. The molecule has 0 aliphatic carbocycles. The lowest BCUT2D eigenvalue weighted by molar-refractivity contribution is 0.399. The molecule has 1 aromatic rings. The summed E-state index contributed by atoms with van der Waals surface area (Å²) in [7, 11) is 0. The Labute approximate surface area is 101 Å². The van der Waals surface area contributed by atoms with Crippen molar-refractivity contribution >= 4 is 17.6 Å². The Morgan fingerprint density at radius 2 is 2.25 bits per heavy atom. The van der Waals surface area contributed by atoms with Crippen molar-refractivity contribution in [2.24, 2.45) is 11.7 Å². The fourth-order valence-corrected chi connectivity index (χ4v) is 2.58. The van der Waals surface area contributed by atoms with Gasteiger partial charge in [-0.2, -0.15) is 0 Å². The Balaban J connectivity index is 2.16. The molecule has 0 saturated carbocycles. The Hall–Kier alpha value is -0.810. The molecule has 1 aliphatic heterocycles. The molecule has 0 amide bonds. The third-order valence-electron chi connectivity index (χ3n) is 2.85. The van der Waals surface area contributed by atoms with E-state index in [2.05, 4.69) is 21.8 Å². The molecular weight excluding hydrogens is 220 g/mol. The van der Waals surface area contributed by atoms with Gasteiger partial charge in [0.15, 0.2) is 0 Å². The van der Waals surface area contributed by atoms with Gasteiger partial charge >= 0.3 is 0 Å². The quantitative estimate of drug-likeness (QED) is 0.623. The fourth-order valence-electron chi connectivity index (χ4n) is 2.20. The third-order valence-corrected chi connectivity index (χ3v) is 3.49. The molecule has 0 bridgehead atoms. The van der Waals surface area contributed by atoms with Crippen molar-refractivity contribution in [1.82, 2.24) is 9.97 Å². The zero-order valence-electron chi connectivity index (χ0n) is 9.76. The number of piperidine rings is 1. The molecule has 4 nitrogen and oxygen atoms in total. The van der Waals surface area contributed by atoms with Gasteiger partial charge in [-0.15, -0.1) is 11.8 Å². The summed E-state index contributed by atoms with van der Waals surface area (Å²) < 4.78 is 0. The first kappa shape index (κ1) is 11.7. The Kier molecular flexibility index (Phi) is 3.66. The van der Waals surface area contributed by atoms with E-state index in [9.17, 15) is 0 Å². The zero-order chi connectivity index (χ0) is 11.5. The Bertz CT molecular complexity index is 348. The van der Waals surface area contributed by atoms with Crippen LogP contribution in [0.1, 0.15) is 13.3 Å². The molecule has 1 saturated heterocycles. The summed E-state index contributed by atoms with van der Waals surface area (Å²) in [4.78, 5) is 10.8. The van der Waals surface area contributed by atoms with Crippen LogP contribution in [-0.2, 0) is 0 Å². The summed E-state index contributed by atoms with van der Waals surface area (Å²) >= 11 is 1.64. The molecule has 0 aromatic carbocycles. The van der Waals surface area contributed by atoms with Gasteiger partial charge in [0.25, 0.3) is 0 Å². The van der Waals surface area contributed by atoms with Crippen molar-refractivity contribution in [2.45, 2.75) is 24.4 Å². The molecule has 0 spiro atoms. The first-order valence-corrected chi connectivity index (χ1v) is 6.78. The minimum atomic E-state index is 0.261. The number of nitrogens with two attached hydrogens (primary N) is 1. The van der Waals surface area contributed by atoms with Gasteiger partial charge in [-0.1, -0.05) is 6.92 Å². The van der Waals surface area contributed by atoms with Crippen LogP contribution in [-0.4, -0.2) is 35.4 Å². The summed E-state index contributed by atoms with van der Waals surface area (Å²) in [6.45, 7) is 4.18. The maximum atomic E-state index is 6.03. The molecule has 2 atom stereocenters. The molecule has 1 aliphatic rings. The summed E-state index contributed by atoms with van der Waals surface area (Å²) in [5.74, 6) is 1.64. The van der Waals surface area contributed by atoms with Crippen LogP contribution in [0, 0.1) is 5.92 Å². The molecule has 0 radical (unpaired) electrons. The Morgan fingerprint density at radius 3 is 2.94 bits per heavy atom. The minimum Gasteiger partial charge on any atom is -0.355 e. The molecule has 1 fully saturated rings. The van der Waals surface area contributed by atoms with Crippen molar-refractivity contribution in [1.29, 1.82) is 0 Å². The van der Waals surface area contributed by atoms with Gasteiger partial charge in [0.05, 0.1) is 0 Å². The molecule has 16 heavy (non-hydrogen) atoms. The summed E-state index contributed by atoms with van der Waals surface area (Å²) in [6, 6.07) is 2.30. The van der Waals surface area contributed by atoms with E-state index in [1.165, 1.54) is 0 Å². The topological polar surface area (TPSA) is 55.0 Å². The SMILES string of the molecule is CSc1cc(N2CC(C)CC(N)C2)ncn1. The standard InChI is InChI=1S/C11H18N4S/c1-8-3-9(12)6-15(5-8)10-4-11(16-2)14-7-13-10/h4,7-9H,3,5-6,12H2,1-2H3. The zero-order valence-corrected chi connectivity index (χ0v) is 10.6. The van der Waals surface area contributed by atoms with Gasteiger partial charge in [-0.25, -0.2) is 9.97 Å². The van der Waals surface area contributed by atoms with Crippen LogP contribution in [0.2, 0.25) is 0 Å². The Morgan fingerprint density at radius 1 is 1.44 bits per heavy atom. The van der Waals surface area contributed by atoms with Crippen molar-refractivity contribution in [3.05, 3.63) is 12.4 Å². The van der Waals surface area contributed by atoms with E-state index < -0.39 is 0 Å². The van der Waals surface area contributed by atoms with Gasteiger partial charge < -0.3 is 10.6 Å². The third kappa shape index (κ3) is 2.65. The van der Waals surface area contributed by atoms with Crippen molar-refractivity contribution in [2.75, 3.05) is 24.2 Å². The van der Waals surface area contributed by atoms with Crippen LogP contribution in [0.4, 0.5) is 5.82 Å². The highest BCUT2D eigenvalue weighted by atomic mass is 32.2. The molecule has 2 rings (SSSR count). The van der Waals surface area contributed by atoms with E-state index in [0.717, 1.165) is 30.4 Å². The van der Waals surface area contributed by atoms with E-state index >= 15 is 0 Å². The number of aromatic nitrogens is 2. The number of thioether (sulfide) groups is 1. The molecule has 88 valence electrons. The lowest BCUT2D eigenvalue weighted by Gasteiger charge is -2.35. The lowest BCUT2D eigenvalue weighted by Crippen LogP contribution is -2.46. The van der Waals surface area contributed by atoms with Gasteiger partial charge in [0.1, 0.15) is 17.2 Å². The van der Waals surface area contributed by atoms with E-state index in [1.54, 1.807) is 18.1 Å². The van der Waals surface area contributed by atoms with Crippen LogP contribution < -0.4 is 10.6 Å². The van der Waals surface area contributed by atoms with Crippen LogP contribution in [0.15, 0.2) is 17.4 Å². The van der Waals surface area contributed by atoms with Gasteiger partial charge in [0, 0.05) is 25.2 Å². The number of nitrogens with zero attached hydrogens (tertiary/aromatic N) is 3. The second kappa shape index (κ2) is 5.01. The maximum absolute atomic E-state index is 6.03.